The van der Waals surface area contributed by atoms with E-state index < -0.39 is 6.03 Å². The summed E-state index contributed by atoms with van der Waals surface area (Å²) >= 11 is 0. The molecule has 5 aromatic rings. The second-order valence-corrected chi connectivity index (χ2v) is 10.3. The van der Waals surface area contributed by atoms with Gasteiger partial charge < -0.3 is 19.9 Å². The van der Waals surface area contributed by atoms with Crippen LogP contribution in [0.3, 0.4) is 0 Å². The molecule has 0 bridgehead atoms. The van der Waals surface area contributed by atoms with Crippen LogP contribution in [0.4, 0.5) is 22.0 Å². The van der Waals surface area contributed by atoms with E-state index in [1.165, 1.54) is 0 Å². The Labute approximate surface area is 237 Å². The Morgan fingerprint density at radius 3 is 2.29 bits per heavy atom. The second-order valence-electron chi connectivity index (χ2n) is 10.3. The highest BCUT2D eigenvalue weighted by Gasteiger charge is 2.22. The number of benzene rings is 2. The van der Waals surface area contributed by atoms with E-state index in [1.54, 1.807) is 88.9 Å². The number of aromatic nitrogens is 5. The van der Waals surface area contributed by atoms with Gasteiger partial charge >= 0.3 is 6.03 Å². The lowest BCUT2D eigenvalue weighted by atomic mass is 9.92. The summed E-state index contributed by atoms with van der Waals surface area (Å²) in [6.45, 7) is 6.29. The maximum absolute atomic E-state index is 13.0. The maximum Gasteiger partial charge on any atom is 0.324 e. The number of imidazole rings is 1. The monoisotopic (exact) mass is 550 g/mol. The van der Waals surface area contributed by atoms with Crippen molar-refractivity contribution in [1.82, 2.24) is 24.3 Å². The lowest BCUT2D eigenvalue weighted by Gasteiger charge is -2.14. The SMILES string of the molecule is CC(C)(C)c1cc(NC(=O)Nc2ccc(Oc3ccncc3)cc2)n(-c2cccc(NC(=O)Cn3ccnc3)c2)n1. The van der Waals surface area contributed by atoms with Crippen molar-refractivity contribution in [3.8, 4) is 17.2 Å². The van der Waals surface area contributed by atoms with Gasteiger partial charge in [-0.25, -0.2) is 14.5 Å². The van der Waals surface area contributed by atoms with Gasteiger partial charge in [-0.05, 0) is 54.6 Å². The van der Waals surface area contributed by atoms with Gasteiger partial charge in [-0.1, -0.05) is 26.8 Å². The minimum Gasteiger partial charge on any atom is -0.457 e. The fourth-order valence-electron chi connectivity index (χ4n) is 3.92. The van der Waals surface area contributed by atoms with Crippen molar-refractivity contribution >= 4 is 29.1 Å². The number of carbonyl (C=O) groups excluding carboxylic acids is 2. The largest absolute Gasteiger partial charge is 0.457 e. The third-order valence-corrected chi connectivity index (χ3v) is 5.98. The van der Waals surface area contributed by atoms with Crippen molar-refractivity contribution in [2.24, 2.45) is 0 Å². The first-order valence-electron chi connectivity index (χ1n) is 13.0. The van der Waals surface area contributed by atoms with Gasteiger partial charge in [0.1, 0.15) is 23.9 Å². The first-order valence-corrected chi connectivity index (χ1v) is 13.0. The summed E-state index contributed by atoms with van der Waals surface area (Å²) in [5.74, 6) is 1.59. The molecule has 3 amide bonds. The second kappa shape index (κ2) is 11.7. The number of ether oxygens (including phenoxy) is 1. The van der Waals surface area contributed by atoms with Gasteiger partial charge in [0.25, 0.3) is 0 Å². The highest BCUT2D eigenvalue weighted by molar-refractivity contribution is 5.99. The topological polar surface area (TPSA) is 128 Å². The number of amides is 3. The van der Waals surface area contributed by atoms with E-state index >= 15 is 0 Å². The Morgan fingerprint density at radius 1 is 0.829 bits per heavy atom. The van der Waals surface area contributed by atoms with Crippen LogP contribution in [0, 0.1) is 0 Å². The van der Waals surface area contributed by atoms with Crippen molar-refractivity contribution in [1.29, 1.82) is 0 Å². The normalized spacial score (nSPS) is 11.1. The van der Waals surface area contributed by atoms with Crippen LogP contribution in [-0.4, -0.2) is 36.3 Å². The summed E-state index contributed by atoms with van der Waals surface area (Å²) in [7, 11) is 0. The quantitative estimate of drug-likeness (QED) is 0.223. The van der Waals surface area contributed by atoms with Crippen molar-refractivity contribution in [2.75, 3.05) is 16.0 Å². The molecule has 3 heterocycles. The molecule has 0 spiro atoms. The minimum absolute atomic E-state index is 0.143. The van der Waals surface area contributed by atoms with Crippen LogP contribution in [0.25, 0.3) is 5.69 Å². The standard InChI is InChI=1S/C30H30N8O3/c1-30(2,3)26-18-27(35-29(40)34-21-7-9-24(10-8-21)41-25-11-13-31-14-12-25)38(36-26)23-6-4-5-22(17-23)33-28(39)19-37-16-15-32-20-37/h4-18,20H,19H2,1-3H3,(H,33,39)(H2,34,35,40). The number of rotatable bonds is 8. The maximum atomic E-state index is 13.0. The third-order valence-electron chi connectivity index (χ3n) is 5.98. The predicted molar refractivity (Wildman–Crippen MR) is 157 cm³/mol. The minimum atomic E-state index is -0.431. The van der Waals surface area contributed by atoms with Crippen LogP contribution in [0.1, 0.15) is 26.5 Å². The molecule has 0 radical (unpaired) electrons. The highest BCUT2D eigenvalue weighted by atomic mass is 16.5. The molecule has 3 N–H and O–H groups in total. The van der Waals surface area contributed by atoms with Gasteiger partial charge in [0, 0.05) is 47.6 Å². The Morgan fingerprint density at radius 2 is 1.59 bits per heavy atom. The highest BCUT2D eigenvalue weighted by Crippen LogP contribution is 2.28. The fourth-order valence-corrected chi connectivity index (χ4v) is 3.92. The lowest BCUT2D eigenvalue weighted by molar-refractivity contribution is -0.116. The summed E-state index contributed by atoms with van der Waals surface area (Å²) in [6, 6.07) is 19.3. The number of nitrogens with zero attached hydrogens (tertiary/aromatic N) is 5. The molecular formula is C30H30N8O3. The summed E-state index contributed by atoms with van der Waals surface area (Å²) in [6.07, 6.45) is 8.24. The van der Waals surface area contributed by atoms with Gasteiger partial charge in [-0.15, -0.1) is 0 Å². The van der Waals surface area contributed by atoms with Gasteiger partial charge in [0.2, 0.25) is 5.91 Å². The molecule has 3 aromatic heterocycles. The average Bonchev–Trinajstić information content (AvgIpc) is 3.61. The zero-order valence-electron chi connectivity index (χ0n) is 22.9. The van der Waals surface area contributed by atoms with E-state index in [2.05, 4.69) is 25.9 Å². The van der Waals surface area contributed by atoms with E-state index in [4.69, 9.17) is 9.84 Å². The summed E-state index contributed by atoms with van der Waals surface area (Å²) < 4.78 is 9.12. The van der Waals surface area contributed by atoms with Crippen molar-refractivity contribution < 1.29 is 14.3 Å². The molecule has 0 atom stereocenters. The molecule has 11 nitrogen and oxygen atoms in total. The van der Waals surface area contributed by atoms with Crippen LogP contribution in [-0.2, 0) is 16.8 Å². The van der Waals surface area contributed by atoms with Crippen LogP contribution in [0.2, 0.25) is 0 Å². The molecule has 0 saturated heterocycles. The summed E-state index contributed by atoms with van der Waals surface area (Å²) in [5.41, 5.74) is 2.40. The molecule has 208 valence electrons. The number of urea groups is 1. The van der Waals surface area contributed by atoms with Gasteiger partial charge in [-0.3, -0.25) is 15.1 Å². The van der Waals surface area contributed by atoms with Gasteiger partial charge in [-0.2, -0.15) is 5.10 Å². The van der Waals surface area contributed by atoms with Gasteiger partial charge in [0.15, 0.2) is 0 Å². The molecule has 11 heteroatoms. The molecule has 41 heavy (non-hydrogen) atoms. The van der Waals surface area contributed by atoms with Crippen LogP contribution >= 0.6 is 0 Å². The Hall–Kier alpha value is -5.45. The molecular weight excluding hydrogens is 520 g/mol. The van der Waals surface area contributed by atoms with E-state index in [0.717, 1.165) is 5.69 Å². The number of carbonyl (C=O) groups is 2. The zero-order valence-corrected chi connectivity index (χ0v) is 22.9. The number of pyridine rings is 1. The van der Waals surface area contributed by atoms with Crippen molar-refractivity contribution in [2.45, 2.75) is 32.7 Å². The van der Waals surface area contributed by atoms with E-state index in [0.29, 0.717) is 34.4 Å². The summed E-state index contributed by atoms with van der Waals surface area (Å²) in [5, 5.41) is 13.4. The van der Waals surface area contributed by atoms with E-state index in [9.17, 15) is 9.59 Å². The van der Waals surface area contributed by atoms with Crippen LogP contribution < -0.4 is 20.7 Å². The Bertz CT molecular complexity index is 1620. The van der Waals surface area contributed by atoms with Crippen LogP contribution in [0.5, 0.6) is 11.5 Å². The Kier molecular flexibility index (Phi) is 7.77. The lowest BCUT2D eigenvalue weighted by Crippen LogP contribution is -2.21. The Balaban J connectivity index is 1.30. The van der Waals surface area contributed by atoms with E-state index in [-0.39, 0.29) is 17.9 Å². The number of anilines is 3. The molecule has 5 rings (SSSR count). The van der Waals surface area contributed by atoms with Gasteiger partial charge in [0.05, 0.1) is 17.7 Å². The molecule has 0 aliphatic rings. The predicted octanol–water partition coefficient (Wildman–Crippen LogP) is 5.84. The van der Waals surface area contributed by atoms with E-state index in [1.807, 2.05) is 39.0 Å². The number of nitrogens with one attached hydrogen (secondary N) is 3. The molecule has 0 fully saturated rings. The zero-order chi connectivity index (χ0) is 28.8. The molecule has 0 aliphatic heterocycles. The van der Waals surface area contributed by atoms with Crippen molar-refractivity contribution in [3.05, 3.63) is 104 Å². The average molecular weight is 551 g/mol. The first kappa shape index (κ1) is 27.1. The number of hydrogen-bond donors (Lipinski definition) is 3. The summed E-state index contributed by atoms with van der Waals surface area (Å²) in [4.78, 5) is 33.4. The number of hydrogen-bond acceptors (Lipinski definition) is 6. The van der Waals surface area contributed by atoms with Crippen molar-refractivity contribution in [3.63, 3.8) is 0 Å². The first-order chi connectivity index (χ1) is 19.7. The molecule has 0 aliphatic carbocycles. The fraction of sp³-hybridized carbons (Fsp3) is 0.167. The third kappa shape index (κ3) is 7.15. The molecule has 0 unspecified atom stereocenters. The molecule has 0 saturated carbocycles. The molecule has 2 aromatic carbocycles. The smallest absolute Gasteiger partial charge is 0.324 e. The van der Waals surface area contributed by atoms with Crippen LogP contribution in [0.15, 0.2) is 97.8 Å².